The van der Waals surface area contributed by atoms with Crippen LogP contribution < -0.4 is 9.47 Å². The van der Waals surface area contributed by atoms with Crippen LogP contribution in [0.2, 0.25) is 0 Å². The Morgan fingerprint density at radius 2 is 1.45 bits per heavy atom. The minimum absolute atomic E-state index is 0.0678. The largest absolute Gasteiger partial charge is 0.508 e. The molecular formula is C51H58O3S. The van der Waals surface area contributed by atoms with Crippen molar-refractivity contribution in [1.82, 2.24) is 0 Å². The lowest BCUT2D eigenvalue weighted by Gasteiger charge is -2.46. The van der Waals surface area contributed by atoms with Crippen molar-refractivity contribution in [1.29, 1.82) is 0 Å². The van der Waals surface area contributed by atoms with E-state index in [1.165, 1.54) is 80.3 Å². The fourth-order valence-corrected chi connectivity index (χ4v) is 11.9. The standard InChI is InChI=1S/C51H58O3S/c1-10-49(11-2)26-28-50(29-27-49)43-15-13-12-14-40(43)46-42-30-44-45(55-51(54-44,32(3)4)33(5)6)31-41(42)34(7)39(47(46)50)24-25-48(8,35-16-20-37(52)21-17-35)36-18-22-38(53-9)23-19-36/h12-25,30-33,52H,10-11,26-29H2,1-9H3/b25-24-. The normalized spacial score (nSPS) is 18.7. The summed E-state index contributed by atoms with van der Waals surface area (Å²) < 4.78 is 12.6. The summed E-state index contributed by atoms with van der Waals surface area (Å²) in [6.07, 6.45) is 12.1. The zero-order valence-electron chi connectivity index (χ0n) is 34.3. The van der Waals surface area contributed by atoms with Gasteiger partial charge >= 0.3 is 0 Å². The number of benzene rings is 5. The molecule has 5 aromatic carbocycles. The molecule has 5 aromatic rings. The number of methoxy groups -OCH3 is 1. The first-order valence-corrected chi connectivity index (χ1v) is 21.4. The van der Waals surface area contributed by atoms with Gasteiger partial charge in [-0.15, -0.1) is 0 Å². The average Bonchev–Trinajstić information content (AvgIpc) is 3.73. The number of hydrogen-bond donors (Lipinski definition) is 1. The molecule has 286 valence electrons. The van der Waals surface area contributed by atoms with Gasteiger partial charge < -0.3 is 14.6 Å². The van der Waals surface area contributed by atoms with Gasteiger partial charge in [-0.1, -0.05) is 127 Å². The van der Waals surface area contributed by atoms with Gasteiger partial charge in [-0.2, -0.15) is 0 Å². The lowest BCUT2D eigenvalue weighted by atomic mass is 9.58. The number of hydrogen-bond acceptors (Lipinski definition) is 4. The Kier molecular flexibility index (Phi) is 9.47. The van der Waals surface area contributed by atoms with Crippen molar-refractivity contribution in [2.24, 2.45) is 17.3 Å². The van der Waals surface area contributed by atoms with Gasteiger partial charge in [0.25, 0.3) is 0 Å². The van der Waals surface area contributed by atoms with E-state index in [1.807, 2.05) is 11.8 Å². The molecule has 0 bridgehead atoms. The molecule has 1 unspecified atom stereocenters. The van der Waals surface area contributed by atoms with Crippen molar-refractivity contribution >= 4 is 28.6 Å². The summed E-state index contributed by atoms with van der Waals surface area (Å²) >= 11 is 1.92. The van der Waals surface area contributed by atoms with Gasteiger partial charge in [-0.3, -0.25) is 0 Å². The molecule has 0 amide bonds. The molecule has 1 spiro atoms. The maximum Gasteiger partial charge on any atom is 0.163 e. The van der Waals surface area contributed by atoms with Gasteiger partial charge in [0.1, 0.15) is 17.2 Å². The zero-order chi connectivity index (χ0) is 38.9. The SMILES string of the molecule is CCC1(CC)CCC2(CC1)c1ccccc1-c1c2c(/C=C\C(C)(c2ccc(O)cc2)c2ccc(OC)cc2)c(C)c2cc3c(cc12)OC(C(C)C)(C(C)C)S3. The van der Waals surface area contributed by atoms with Crippen LogP contribution in [0.3, 0.4) is 0 Å². The highest BCUT2D eigenvalue weighted by Gasteiger charge is 2.51. The van der Waals surface area contributed by atoms with Crippen molar-refractivity contribution in [3.05, 3.63) is 124 Å². The van der Waals surface area contributed by atoms with Crippen molar-refractivity contribution in [2.45, 2.75) is 115 Å². The summed E-state index contributed by atoms with van der Waals surface area (Å²) in [7, 11) is 1.72. The second-order valence-electron chi connectivity index (χ2n) is 17.5. The van der Waals surface area contributed by atoms with Crippen molar-refractivity contribution in [2.75, 3.05) is 7.11 Å². The van der Waals surface area contributed by atoms with Gasteiger partial charge in [-0.05, 0) is 137 Å². The second-order valence-corrected chi connectivity index (χ2v) is 18.8. The molecule has 0 radical (unpaired) electrons. The molecule has 1 N–H and O–H groups in total. The molecule has 0 aromatic heterocycles. The summed E-state index contributed by atoms with van der Waals surface area (Å²) in [4.78, 5) is 0.949. The van der Waals surface area contributed by atoms with Gasteiger partial charge in [0.2, 0.25) is 0 Å². The number of fused-ring (bicyclic) bond motifs is 8. The predicted octanol–water partition coefficient (Wildman–Crippen LogP) is 14.0. The smallest absolute Gasteiger partial charge is 0.163 e. The monoisotopic (exact) mass is 750 g/mol. The molecule has 3 aliphatic rings. The number of thioether (sulfide) groups is 1. The molecule has 1 aliphatic heterocycles. The van der Waals surface area contributed by atoms with Gasteiger partial charge in [-0.25, -0.2) is 0 Å². The van der Waals surface area contributed by atoms with Crippen molar-refractivity contribution in [3.63, 3.8) is 0 Å². The Bertz CT molecular complexity index is 2260. The van der Waals surface area contributed by atoms with E-state index in [9.17, 15) is 5.11 Å². The lowest BCUT2D eigenvalue weighted by molar-refractivity contribution is 0.0757. The number of aryl methyl sites for hydroxylation is 1. The third kappa shape index (κ3) is 5.75. The average molecular weight is 751 g/mol. The molecule has 1 saturated carbocycles. The summed E-state index contributed by atoms with van der Waals surface area (Å²) in [5.74, 6) is 2.86. The highest BCUT2D eigenvalue weighted by Crippen LogP contribution is 2.64. The van der Waals surface area contributed by atoms with Gasteiger partial charge in [0, 0.05) is 22.7 Å². The second kappa shape index (κ2) is 13.8. The van der Waals surface area contributed by atoms with E-state index in [4.69, 9.17) is 9.47 Å². The summed E-state index contributed by atoms with van der Waals surface area (Å²) in [5.41, 5.74) is 10.6. The highest BCUT2D eigenvalue weighted by molar-refractivity contribution is 8.01. The van der Waals surface area contributed by atoms with Crippen LogP contribution >= 0.6 is 11.8 Å². The molecule has 1 fully saturated rings. The first-order valence-electron chi connectivity index (χ1n) is 20.6. The zero-order valence-corrected chi connectivity index (χ0v) is 35.1. The maximum atomic E-state index is 10.3. The third-order valence-corrected chi connectivity index (χ3v) is 16.3. The van der Waals surface area contributed by atoms with Gasteiger partial charge in [0.05, 0.1) is 12.0 Å². The van der Waals surface area contributed by atoms with Crippen LogP contribution in [0.5, 0.6) is 17.2 Å². The maximum absolute atomic E-state index is 10.3. The molecule has 2 aliphatic carbocycles. The molecule has 1 heterocycles. The number of allylic oxidation sites excluding steroid dienone is 1. The Hall–Kier alpha value is -4.15. The quantitative estimate of drug-likeness (QED) is 0.163. The topological polar surface area (TPSA) is 38.7 Å². The fraction of sp³-hybridized carbons (Fsp3) is 0.412. The first-order chi connectivity index (χ1) is 26.3. The molecule has 8 rings (SSSR count). The van der Waals surface area contributed by atoms with Crippen LogP contribution in [0, 0.1) is 24.2 Å². The molecule has 55 heavy (non-hydrogen) atoms. The fourth-order valence-electron chi connectivity index (χ4n) is 10.6. The number of rotatable bonds is 9. The van der Waals surface area contributed by atoms with Crippen LogP contribution in [0.4, 0.5) is 0 Å². The van der Waals surface area contributed by atoms with Crippen molar-refractivity contribution in [3.8, 4) is 28.4 Å². The Morgan fingerprint density at radius 3 is 2.05 bits per heavy atom. The number of ether oxygens (including phenoxy) is 2. The minimum atomic E-state index is -0.477. The van der Waals surface area contributed by atoms with E-state index in [1.54, 1.807) is 19.2 Å². The molecule has 3 nitrogen and oxygen atoms in total. The summed E-state index contributed by atoms with van der Waals surface area (Å²) in [5, 5.41) is 13.0. The molecular weight excluding hydrogens is 693 g/mol. The third-order valence-electron chi connectivity index (χ3n) is 14.4. The molecule has 4 heteroatoms. The van der Waals surface area contributed by atoms with E-state index in [2.05, 4.69) is 140 Å². The number of aromatic hydroxyl groups is 1. The predicted molar refractivity (Wildman–Crippen MR) is 232 cm³/mol. The van der Waals surface area contributed by atoms with E-state index in [0.29, 0.717) is 17.3 Å². The highest BCUT2D eigenvalue weighted by atomic mass is 32.2. The Labute approximate surface area is 333 Å². The summed E-state index contributed by atoms with van der Waals surface area (Å²) in [6, 6.07) is 30.4. The minimum Gasteiger partial charge on any atom is -0.508 e. The first kappa shape index (κ1) is 37.8. The summed E-state index contributed by atoms with van der Waals surface area (Å²) in [6.45, 7) is 18.7. The van der Waals surface area contributed by atoms with Gasteiger partial charge in [0.15, 0.2) is 4.93 Å². The van der Waals surface area contributed by atoms with Crippen LogP contribution in [0.15, 0.2) is 95.9 Å². The van der Waals surface area contributed by atoms with Crippen LogP contribution in [0.1, 0.15) is 120 Å². The number of phenolic OH excluding ortho intramolecular Hbond substituents is 1. The van der Waals surface area contributed by atoms with Crippen LogP contribution in [-0.2, 0) is 10.8 Å². The molecule has 1 atom stereocenters. The van der Waals surface area contributed by atoms with E-state index >= 15 is 0 Å². The number of phenols is 1. The van der Waals surface area contributed by atoms with E-state index in [0.717, 1.165) is 29.9 Å². The van der Waals surface area contributed by atoms with Crippen LogP contribution in [-0.4, -0.2) is 17.1 Å². The van der Waals surface area contributed by atoms with Crippen molar-refractivity contribution < 1.29 is 14.6 Å². The Balaban J connectivity index is 1.41. The van der Waals surface area contributed by atoms with E-state index < -0.39 is 5.41 Å². The lowest BCUT2D eigenvalue weighted by Crippen LogP contribution is -2.40. The molecule has 0 saturated heterocycles. The Morgan fingerprint density at radius 1 is 0.836 bits per heavy atom. The van der Waals surface area contributed by atoms with Crippen LogP contribution in [0.25, 0.3) is 28.0 Å². The van der Waals surface area contributed by atoms with E-state index in [-0.39, 0.29) is 16.1 Å².